The molecule has 1 heterocycles. The molecule has 0 atom stereocenters. The summed E-state index contributed by atoms with van der Waals surface area (Å²) in [6.07, 6.45) is 0.923. The van der Waals surface area contributed by atoms with Crippen molar-refractivity contribution in [1.82, 2.24) is 9.97 Å². The highest BCUT2D eigenvalue weighted by molar-refractivity contribution is 9.10. The second-order valence-corrected chi connectivity index (χ2v) is 5.15. The molecule has 0 unspecified atom stereocenters. The fourth-order valence-electron chi connectivity index (χ4n) is 1.63. The Bertz CT molecular complexity index is 651. The number of aromatic nitrogens is 2. The van der Waals surface area contributed by atoms with Gasteiger partial charge in [0.1, 0.15) is 23.3 Å². The van der Waals surface area contributed by atoms with Crippen molar-refractivity contribution in [2.45, 2.75) is 13.3 Å². The van der Waals surface area contributed by atoms with E-state index in [-0.39, 0.29) is 16.1 Å². The van der Waals surface area contributed by atoms with Gasteiger partial charge in [0.15, 0.2) is 0 Å². The first-order valence-corrected chi connectivity index (χ1v) is 7.09. The van der Waals surface area contributed by atoms with E-state index in [0.29, 0.717) is 11.6 Å². The summed E-state index contributed by atoms with van der Waals surface area (Å²) in [6.45, 7) is 2.74. The first-order chi connectivity index (χ1) is 9.99. The Morgan fingerprint density at radius 1 is 1.14 bits per heavy atom. The SMILES string of the molecule is CCCNc1cc(Nc2cc(Br)c(F)cc2F)nc(N)n1. The molecule has 8 heteroatoms. The summed E-state index contributed by atoms with van der Waals surface area (Å²) in [6, 6.07) is 3.68. The first kappa shape index (κ1) is 15.4. The molecule has 0 fully saturated rings. The van der Waals surface area contributed by atoms with Crippen molar-refractivity contribution >= 4 is 39.2 Å². The number of nitrogen functional groups attached to an aromatic ring is 1. The highest BCUT2D eigenvalue weighted by Crippen LogP contribution is 2.26. The molecule has 0 amide bonds. The zero-order valence-electron chi connectivity index (χ0n) is 11.3. The zero-order chi connectivity index (χ0) is 15.4. The molecule has 112 valence electrons. The second kappa shape index (κ2) is 6.66. The van der Waals surface area contributed by atoms with Gasteiger partial charge in [0.25, 0.3) is 0 Å². The van der Waals surface area contributed by atoms with Crippen LogP contribution < -0.4 is 16.4 Å². The van der Waals surface area contributed by atoms with Crippen LogP contribution in [0, 0.1) is 11.6 Å². The Hall–Kier alpha value is -1.96. The third-order valence-electron chi connectivity index (χ3n) is 2.57. The van der Waals surface area contributed by atoms with Crippen LogP contribution in [-0.2, 0) is 0 Å². The second-order valence-electron chi connectivity index (χ2n) is 4.29. The van der Waals surface area contributed by atoms with Gasteiger partial charge in [-0.05, 0) is 28.4 Å². The molecule has 0 aliphatic rings. The average Bonchev–Trinajstić information content (AvgIpc) is 2.42. The van der Waals surface area contributed by atoms with Crippen LogP contribution in [0.2, 0.25) is 0 Å². The molecule has 0 spiro atoms. The van der Waals surface area contributed by atoms with Crippen LogP contribution in [0.25, 0.3) is 0 Å². The molecule has 2 rings (SSSR count). The molecule has 5 nitrogen and oxygen atoms in total. The number of anilines is 4. The average molecular weight is 358 g/mol. The van der Waals surface area contributed by atoms with Crippen molar-refractivity contribution in [1.29, 1.82) is 0 Å². The van der Waals surface area contributed by atoms with Crippen molar-refractivity contribution in [3.05, 3.63) is 34.3 Å². The monoisotopic (exact) mass is 357 g/mol. The molecule has 2 aromatic rings. The van der Waals surface area contributed by atoms with Gasteiger partial charge in [-0.1, -0.05) is 6.92 Å². The zero-order valence-corrected chi connectivity index (χ0v) is 12.8. The van der Waals surface area contributed by atoms with Gasteiger partial charge in [0, 0.05) is 18.7 Å². The van der Waals surface area contributed by atoms with E-state index in [1.54, 1.807) is 6.07 Å². The van der Waals surface area contributed by atoms with Gasteiger partial charge in [-0.15, -0.1) is 0 Å². The van der Waals surface area contributed by atoms with E-state index >= 15 is 0 Å². The van der Waals surface area contributed by atoms with Gasteiger partial charge >= 0.3 is 0 Å². The molecule has 0 saturated heterocycles. The van der Waals surface area contributed by atoms with Crippen LogP contribution in [0.4, 0.5) is 32.1 Å². The molecule has 0 saturated carbocycles. The van der Waals surface area contributed by atoms with Gasteiger partial charge in [0.2, 0.25) is 5.95 Å². The van der Waals surface area contributed by atoms with Crippen molar-refractivity contribution in [2.75, 3.05) is 22.9 Å². The van der Waals surface area contributed by atoms with Crippen LogP contribution in [0.5, 0.6) is 0 Å². The van der Waals surface area contributed by atoms with E-state index in [2.05, 4.69) is 36.5 Å². The molecule has 0 bridgehead atoms. The van der Waals surface area contributed by atoms with Gasteiger partial charge in [-0.25, -0.2) is 8.78 Å². The number of nitrogens with one attached hydrogen (secondary N) is 2. The van der Waals surface area contributed by atoms with Gasteiger partial charge in [0.05, 0.1) is 10.2 Å². The Morgan fingerprint density at radius 3 is 2.57 bits per heavy atom. The Balaban J connectivity index is 2.27. The topological polar surface area (TPSA) is 75.9 Å². The van der Waals surface area contributed by atoms with Crippen molar-refractivity contribution in [2.24, 2.45) is 0 Å². The van der Waals surface area contributed by atoms with Crippen LogP contribution in [0.15, 0.2) is 22.7 Å². The maximum absolute atomic E-state index is 13.7. The number of nitrogens with two attached hydrogens (primary N) is 1. The molecule has 0 radical (unpaired) electrons. The Morgan fingerprint density at radius 2 is 1.86 bits per heavy atom. The fourth-order valence-corrected chi connectivity index (χ4v) is 1.97. The summed E-state index contributed by atoms with van der Waals surface area (Å²) in [5, 5.41) is 5.82. The molecular formula is C13H14BrF2N5. The molecule has 21 heavy (non-hydrogen) atoms. The minimum Gasteiger partial charge on any atom is -0.370 e. The lowest BCUT2D eigenvalue weighted by atomic mass is 10.3. The van der Waals surface area contributed by atoms with Crippen molar-refractivity contribution in [3.63, 3.8) is 0 Å². The molecule has 1 aromatic heterocycles. The number of rotatable bonds is 5. The van der Waals surface area contributed by atoms with Gasteiger partial charge < -0.3 is 16.4 Å². The number of hydrogen-bond donors (Lipinski definition) is 3. The first-order valence-electron chi connectivity index (χ1n) is 6.29. The predicted molar refractivity (Wildman–Crippen MR) is 82.6 cm³/mol. The third-order valence-corrected chi connectivity index (χ3v) is 3.18. The predicted octanol–water partition coefficient (Wildman–Crippen LogP) is 3.67. The highest BCUT2D eigenvalue weighted by atomic mass is 79.9. The molecule has 0 aliphatic heterocycles. The summed E-state index contributed by atoms with van der Waals surface area (Å²) in [4.78, 5) is 7.99. The van der Waals surface area contributed by atoms with E-state index in [1.165, 1.54) is 6.07 Å². The summed E-state index contributed by atoms with van der Waals surface area (Å²) >= 11 is 3.01. The number of hydrogen-bond acceptors (Lipinski definition) is 5. The standard InChI is InChI=1S/C13H14BrF2N5/c1-2-3-18-11-6-12(21-13(17)20-11)19-10-4-7(14)8(15)5-9(10)16/h4-6H,2-3H2,1H3,(H4,17,18,19,20,21). The van der Waals surface area contributed by atoms with E-state index in [4.69, 9.17) is 5.73 Å². The quantitative estimate of drug-likeness (QED) is 0.711. The molecule has 4 N–H and O–H groups in total. The lowest BCUT2D eigenvalue weighted by Crippen LogP contribution is -2.07. The fraction of sp³-hybridized carbons (Fsp3) is 0.231. The highest BCUT2D eigenvalue weighted by Gasteiger charge is 2.10. The van der Waals surface area contributed by atoms with Gasteiger partial charge in [-0.3, -0.25) is 0 Å². The van der Waals surface area contributed by atoms with E-state index in [1.807, 2.05) is 6.92 Å². The van der Waals surface area contributed by atoms with Crippen LogP contribution >= 0.6 is 15.9 Å². The summed E-state index contributed by atoms with van der Waals surface area (Å²) in [5.74, 6) is -0.492. The summed E-state index contributed by atoms with van der Waals surface area (Å²) in [7, 11) is 0. The summed E-state index contributed by atoms with van der Waals surface area (Å²) in [5.41, 5.74) is 5.70. The van der Waals surface area contributed by atoms with Crippen molar-refractivity contribution < 1.29 is 8.78 Å². The lowest BCUT2D eigenvalue weighted by molar-refractivity contribution is 0.581. The summed E-state index contributed by atoms with van der Waals surface area (Å²) < 4.78 is 27.1. The largest absolute Gasteiger partial charge is 0.370 e. The maximum Gasteiger partial charge on any atom is 0.223 e. The molecular weight excluding hydrogens is 344 g/mol. The normalized spacial score (nSPS) is 10.5. The number of benzene rings is 1. The number of halogens is 3. The van der Waals surface area contributed by atoms with Crippen molar-refractivity contribution in [3.8, 4) is 0 Å². The minimum atomic E-state index is -0.726. The third kappa shape index (κ3) is 4.01. The molecule has 1 aromatic carbocycles. The maximum atomic E-state index is 13.7. The van der Waals surface area contributed by atoms with E-state index in [0.717, 1.165) is 19.0 Å². The van der Waals surface area contributed by atoms with E-state index in [9.17, 15) is 8.78 Å². The number of nitrogens with zero attached hydrogens (tertiary/aromatic N) is 2. The smallest absolute Gasteiger partial charge is 0.223 e. The van der Waals surface area contributed by atoms with Gasteiger partial charge in [-0.2, -0.15) is 9.97 Å². The Labute approximate surface area is 129 Å². The Kier molecular flexibility index (Phi) is 4.89. The van der Waals surface area contributed by atoms with Crippen LogP contribution in [-0.4, -0.2) is 16.5 Å². The van der Waals surface area contributed by atoms with E-state index < -0.39 is 11.6 Å². The minimum absolute atomic E-state index is 0.0557. The lowest BCUT2D eigenvalue weighted by Gasteiger charge is -2.10. The van der Waals surface area contributed by atoms with Crippen LogP contribution in [0.3, 0.4) is 0 Å². The van der Waals surface area contributed by atoms with Crippen LogP contribution in [0.1, 0.15) is 13.3 Å². The molecule has 0 aliphatic carbocycles.